The minimum Gasteiger partial charge on any atom is -0.497 e. The van der Waals surface area contributed by atoms with Crippen LogP contribution in [0.3, 0.4) is 0 Å². The Kier molecular flexibility index (Phi) is 7.15. The Morgan fingerprint density at radius 1 is 1.23 bits per heavy atom. The lowest BCUT2D eigenvalue weighted by Gasteiger charge is -2.20. The van der Waals surface area contributed by atoms with Crippen molar-refractivity contribution in [1.82, 2.24) is 10.2 Å². The van der Waals surface area contributed by atoms with Gasteiger partial charge in [0.15, 0.2) is 0 Å². The molecule has 1 fully saturated rings. The fraction of sp³-hybridized carbons (Fsp3) is 0.333. The van der Waals surface area contributed by atoms with Gasteiger partial charge in [0, 0.05) is 30.2 Å². The lowest BCUT2D eigenvalue weighted by atomic mass is 9.93. The van der Waals surface area contributed by atoms with Gasteiger partial charge in [0.1, 0.15) is 30.0 Å². The van der Waals surface area contributed by atoms with Gasteiger partial charge in [-0.25, -0.2) is 13.6 Å². The zero-order valence-corrected chi connectivity index (χ0v) is 17.4. The van der Waals surface area contributed by atoms with E-state index >= 15 is 0 Å². The van der Waals surface area contributed by atoms with E-state index in [1.54, 1.807) is 12.1 Å². The van der Waals surface area contributed by atoms with Crippen molar-refractivity contribution in [2.24, 2.45) is 0 Å². The van der Waals surface area contributed by atoms with Gasteiger partial charge in [0.05, 0.1) is 13.0 Å². The van der Waals surface area contributed by atoms with Crippen LogP contribution in [0.1, 0.15) is 17.0 Å². The van der Waals surface area contributed by atoms with Gasteiger partial charge < -0.3 is 19.7 Å². The molecule has 160 valence electrons. The average molecular weight is 436 g/mol. The molecule has 0 saturated carbocycles. The van der Waals surface area contributed by atoms with E-state index in [9.17, 15) is 18.4 Å². The van der Waals surface area contributed by atoms with Gasteiger partial charge >= 0.3 is 6.09 Å². The number of ether oxygens (including phenoxy) is 2. The van der Waals surface area contributed by atoms with E-state index in [4.69, 9.17) is 9.47 Å². The third-order valence-electron chi connectivity index (χ3n) is 4.83. The maximum absolute atomic E-state index is 14.7. The molecule has 1 aliphatic heterocycles. The summed E-state index contributed by atoms with van der Waals surface area (Å²) in [6, 6.07) is 10.0. The topological polar surface area (TPSA) is 67.9 Å². The molecular weight excluding hydrogens is 414 g/mol. The second-order valence-corrected chi connectivity index (χ2v) is 7.61. The number of nitrogens with zero attached hydrogens (tertiary/aromatic N) is 1. The maximum atomic E-state index is 14.7. The monoisotopic (exact) mass is 436 g/mol. The Bertz CT molecular complexity index is 890. The highest BCUT2D eigenvalue weighted by atomic mass is 32.2. The maximum Gasteiger partial charge on any atom is 0.408 e. The van der Waals surface area contributed by atoms with Gasteiger partial charge in [0.2, 0.25) is 5.91 Å². The molecule has 0 bridgehead atoms. The lowest BCUT2D eigenvalue weighted by Crippen LogP contribution is -2.44. The highest BCUT2D eigenvalue weighted by Crippen LogP contribution is 2.34. The second-order valence-electron chi connectivity index (χ2n) is 6.77. The van der Waals surface area contributed by atoms with E-state index in [1.165, 1.54) is 23.8 Å². The first-order valence-electron chi connectivity index (χ1n) is 9.22. The molecule has 1 saturated heterocycles. The number of carbonyl (C=O) groups excluding carboxylic acids is 2. The lowest BCUT2D eigenvalue weighted by molar-refractivity contribution is -0.128. The Morgan fingerprint density at radius 2 is 1.90 bits per heavy atom. The molecule has 2 aromatic rings. The van der Waals surface area contributed by atoms with Crippen molar-refractivity contribution < 1.29 is 27.8 Å². The molecule has 3 rings (SSSR count). The number of methoxy groups -OCH3 is 1. The second kappa shape index (κ2) is 9.80. The van der Waals surface area contributed by atoms with Gasteiger partial charge in [-0.05, 0) is 11.8 Å². The Balaban J connectivity index is 1.80. The number of likely N-dealkylation sites (tertiary alicyclic amines) is 1. The molecule has 0 aromatic heterocycles. The van der Waals surface area contributed by atoms with Crippen LogP contribution in [-0.2, 0) is 16.1 Å². The summed E-state index contributed by atoms with van der Waals surface area (Å²) in [6.07, 6.45) is 0.980. The zero-order valence-electron chi connectivity index (χ0n) is 16.6. The molecule has 0 aliphatic carbocycles. The zero-order chi connectivity index (χ0) is 21.7. The molecular formula is C21H22F2N2O4S. The van der Waals surface area contributed by atoms with Crippen LogP contribution in [0.4, 0.5) is 13.6 Å². The molecule has 2 amide bonds. The number of carbonyl (C=O) groups is 2. The van der Waals surface area contributed by atoms with Gasteiger partial charge in [-0.15, -0.1) is 11.8 Å². The van der Waals surface area contributed by atoms with Crippen LogP contribution in [0.2, 0.25) is 0 Å². The van der Waals surface area contributed by atoms with Gasteiger partial charge in [-0.3, -0.25) is 4.79 Å². The average Bonchev–Trinajstić information content (AvgIpc) is 3.02. The molecule has 0 radical (unpaired) electrons. The van der Waals surface area contributed by atoms with Gasteiger partial charge in [0.25, 0.3) is 0 Å². The van der Waals surface area contributed by atoms with E-state index in [0.717, 1.165) is 17.7 Å². The number of halogens is 2. The van der Waals surface area contributed by atoms with Crippen LogP contribution in [0.5, 0.6) is 5.75 Å². The SMILES string of the molecule is COc1cc(F)c(C2CN(CSC)C(=O)C2NC(=O)OCc2ccccc2)c(F)c1. The molecule has 2 atom stereocenters. The number of alkyl carbamates (subject to hydrolysis) is 1. The summed E-state index contributed by atoms with van der Waals surface area (Å²) in [7, 11) is 1.31. The summed E-state index contributed by atoms with van der Waals surface area (Å²) >= 11 is 1.40. The van der Waals surface area contributed by atoms with Crippen LogP contribution in [0.25, 0.3) is 0 Å². The molecule has 2 unspecified atom stereocenters. The number of rotatable bonds is 7. The number of benzene rings is 2. The van der Waals surface area contributed by atoms with Crippen molar-refractivity contribution >= 4 is 23.8 Å². The molecule has 30 heavy (non-hydrogen) atoms. The van der Waals surface area contributed by atoms with Gasteiger partial charge in [-0.1, -0.05) is 30.3 Å². The number of thioether (sulfide) groups is 1. The van der Waals surface area contributed by atoms with Crippen molar-refractivity contribution in [1.29, 1.82) is 0 Å². The minimum absolute atomic E-state index is 0.0119. The van der Waals surface area contributed by atoms with Crippen molar-refractivity contribution in [3.05, 3.63) is 65.2 Å². The summed E-state index contributed by atoms with van der Waals surface area (Å²) in [6.45, 7) is 0.0848. The van der Waals surface area contributed by atoms with Gasteiger partial charge in [-0.2, -0.15) is 0 Å². The molecule has 9 heteroatoms. The van der Waals surface area contributed by atoms with E-state index in [2.05, 4.69) is 5.32 Å². The Morgan fingerprint density at radius 3 is 2.50 bits per heavy atom. The molecule has 2 aromatic carbocycles. The van der Waals surface area contributed by atoms with Crippen LogP contribution >= 0.6 is 11.8 Å². The normalized spacial score (nSPS) is 18.4. The first-order chi connectivity index (χ1) is 14.4. The number of hydrogen-bond acceptors (Lipinski definition) is 5. The first kappa shape index (κ1) is 21.9. The Labute approximate surface area is 177 Å². The summed E-state index contributed by atoms with van der Waals surface area (Å²) < 4.78 is 39.4. The first-order valence-corrected chi connectivity index (χ1v) is 10.6. The Hall–Kier alpha value is -2.81. The molecule has 1 N–H and O–H groups in total. The van der Waals surface area contributed by atoms with Crippen molar-refractivity contribution in [2.75, 3.05) is 25.8 Å². The van der Waals surface area contributed by atoms with E-state index < -0.39 is 35.6 Å². The van der Waals surface area contributed by atoms with Crippen LogP contribution in [-0.4, -0.2) is 48.7 Å². The smallest absolute Gasteiger partial charge is 0.408 e. The molecule has 0 spiro atoms. The van der Waals surface area contributed by atoms with E-state index in [0.29, 0.717) is 5.88 Å². The van der Waals surface area contributed by atoms with Crippen LogP contribution in [0.15, 0.2) is 42.5 Å². The number of hydrogen-bond donors (Lipinski definition) is 1. The molecule has 1 aliphatic rings. The van der Waals surface area contributed by atoms with Crippen LogP contribution < -0.4 is 10.1 Å². The summed E-state index contributed by atoms with van der Waals surface area (Å²) in [5, 5.41) is 2.49. The molecule has 1 heterocycles. The predicted octanol–water partition coefficient (Wildman–Crippen LogP) is 3.51. The van der Waals surface area contributed by atoms with Crippen LogP contribution in [0, 0.1) is 11.6 Å². The molecule has 6 nitrogen and oxygen atoms in total. The van der Waals surface area contributed by atoms with Crippen molar-refractivity contribution in [3.63, 3.8) is 0 Å². The quantitative estimate of drug-likeness (QED) is 0.720. The highest BCUT2D eigenvalue weighted by molar-refractivity contribution is 7.98. The van der Waals surface area contributed by atoms with E-state index in [-0.39, 0.29) is 24.5 Å². The number of amides is 2. The summed E-state index contributed by atoms with van der Waals surface area (Å²) in [5.74, 6) is -2.61. The van der Waals surface area contributed by atoms with E-state index in [1.807, 2.05) is 24.5 Å². The fourth-order valence-corrected chi connectivity index (χ4v) is 3.96. The largest absolute Gasteiger partial charge is 0.497 e. The van der Waals surface area contributed by atoms with Crippen molar-refractivity contribution in [3.8, 4) is 5.75 Å². The highest BCUT2D eigenvalue weighted by Gasteiger charge is 2.44. The minimum atomic E-state index is -1.14. The van der Waals surface area contributed by atoms with Crippen molar-refractivity contribution in [2.45, 2.75) is 18.6 Å². The fourth-order valence-electron chi connectivity index (χ4n) is 3.42. The third kappa shape index (κ3) is 4.84. The summed E-state index contributed by atoms with van der Waals surface area (Å²) in [5.41, 5.74) is 0.513. The number of nitrogens with one attached hydrogen (secondary N) is 1. The summed E-state index contributed by atoms with van der Waals surface area (Å²) in [4.78, 5) is 26.6. The predicted molar refractivity (Wildman–Crippen MR) is 109 cm³/mol. The third-order valence-corrected chi connectivity index (χ3v) is 5.40. The standard InChI is InChI=1S/C21H22F2N2O4S/c1-28-14-8-16(22)18(17(23)9-14)15-10-25(12-30-2)20(26)19(15)24-21(27)29-11-13-6-4-3-5-7-13/h3-9,15,19H,10-12H2,1-2H3,(H,24,27).